The highest BCUT2D eigenvalue weighted by Crippen LogP contribution is 2.50. The first-order valence-electron chi connectivity index (χ1n) is 17.0. The summed E-state index contributed by atoms with van der Waals surface area (Å²) < 4.78 is 0. The maximum absolute atomic E-state index is 13.7. The fourth-order valence-electron chi connectivity index (χ4n) is 8.34. The van der Waals surface area contributed by atoms with Gasteiger partial charge in [-0.2, -0.15) is 10.5 Å². The number of aromatic amines is 1. The molecule has 2 heterocycles. The molecule has 1 saturated heterocycles. The van der Waals surface area contributed by atoms with Crippen molar-refractivity contribution in [1.29, 1.82) is 5.26 Å². The van der Waals surface area contributed by atoms with Crippen LogP contribution < -0.4 is 5.32 Å². The summed E-state index contributed by atoms with van der Waals surface area (Å²) in [6.45, 7) is 0.150. The van der Waals surface area contributed by atoms with E-state index >= 15 is 0 Å². The number of H-pyrrole nitrogens is 1. The monoisotopic (exact) mass is 649 g/mol. The highest BCUT2D eigenvalue weighted by molar-refractivity contribution is 5.95. The van der Waals surface area contributed by atoms with Crippen LogP contribution in [0.4, 0.5) is 0 Å². The van der Waals surface area contributed by atoms with Gasteiger partial charge in [-0.1, -0.05) is 23.8 Å². The number of aryl methyl sites for hydroxylation is 2. The Morgan fingerprint density at radius 2 is 1.62 bits per heavy atom. The molecule has 2 aromatic carbocycles. The van der Waals surface area contributed by atoms with Gasteiger partial charge >= 0.3 is 0 Å². The molecule has 3 fully saturated rings. The Morgan fingerprint density at radius 1 is 1.00 bits per heavy atom. The second-order valence-corrected chi connectivity index (χ2v) is 14.4. The quantitative estimate of drug-likeness (QED) is 0.359. The molecule has 3 aromatic rings. The van der Waals surface area contributed by atoms with Crippen molar-refractivity contribution < 1.29 is 14.4 Å². The summed E-state index contributed by atoms with van der Waals surface area (Å²) in [6.07, 6.45) is 6.81. The number of likely N-dealkylation sites (tertiary alicyclic amines) is 1. The average Bonchev–Trinajstić information content (AvgIpc) is 3.44. The van der Waals surface area contributed by atoms with Crippen molar-refractivity contribution >= 4 is 17.7 Å². The van der Waals surface area contributed by atoms with Gasteiger partial charge in [-0.3, -0.25) is 14.4 Å². The van der Waals surface area contributed by atoms with Crippen molar-refractivity contribution in [3.63, 3.8) is 0 Å². The number of hydrogen-bond donors (Lipinski definition) is 2. The van der Waals surface area contributed by atoms with E-state index in [4.69, 9.17) is 0 Å². The first-order chi connectivity index (χ1) is 23.1. The van der Waals surface area contributed by atoms with Gasteiger partial charge in [0.2, 0.25) is 5.91 Å². The molecule has 3 amide bonds. The Morgan fingerprint density at radius 3 is 2.12 bits per heavy atom. The summed E-state index contributed by atoms with van der Waals surface area (Å²) in [5, 5.41) is 29.4. The van der Waals surface area contributed by atoms with Crippen LogP contribution in [0.5, 0.6) is 0 Å². The number of aromatic nitrogens is 4. The zero-order valence-electron chi connectivity index (χ0n) is 28.1. The maximum Gasteiger partial charge on any atom is 0.253 e. The van der Waals surface area contributed by atoms with E-state index in [9.17, 15) is 19.6 Å². The van der Waals surface area contributed by atoms with Crippen molar-refractivity contribution in [2.45, 2.75) is 74.9 Å². The largest absolute Gasteiger partial charge is 0.345 e. The Balaban J connectivity index is 1.34. The van der Waals surface area contributed by atoms with Crippen LogP contribution in [0.25, 0.3) is 0 Å². The molecule has 12 nitrogen and oxygen atoms in total. The van der Waals surface area contributed by atoms with Crippen LogP contribution in [0.1, 0.15) is 87.3 Å². The van der Waals surface area contributed by atoms with E-state index < -0.39 is 5.41 Å². The van der Waals surface area contributed by atoms with Crippen LogP contribution >= 0.6 is 0 Å². The summed E-state index contributed by atoms with van der Waals surface area (Å²) in [6, 6.07) is 13.9. The number of tetrazole rings is 1. The fourth-order valence-corrected chi connectivity index (χ4v) is 8.34. The predicted octanol–water partition coefficient (Wildman–Crippen LogP) is 2.70. The molecule has 2 saturated carbocycles. The molecular formula is C36H43N9O3. The van der Waals surface area contributed by atoms with Gasteiger partial charge in [0, 0.05) is 51.4 Å². The first-order valence-corrected chi connectivity index (χ1v) is 17.0. The number of nitriles is 1. The molecule has 4 atom stereocenters. The number of fused-ring (bicyclic) bond motifs is 3. The molecule has 1 aliphatic heterocycles. The van der Waals surface area contributed by atoms with Gasteiger partial charge in [0.25, 0.3) is 11.8 Å². The summed E-state index contributed by atoms with van der Waals surface area (Å²) in [5.41, 5.74) is 4.33. The molecule has 1 aromatic heterocycles. The van der Waals surface area contributed by atoms with E-state index in [1.807, 2.05) is 41.3 Å². The lowest BCUT2D eigenvalue weighted by molar-refractivity contribution is -0.131. The first kappa shape index (κ1) is 31.9. The second kappa shape index (κ2) is 12.4. The molecule has 4 aliphatic rings. The molecule has 7 rings (SSSR count). The van der Waals surface area contributed by atoms with Gasteiger partial charge in [-0.25, -0.2) is 0 Å². The lowest BCUT2D eigenvalue weighted by Crippen LogP contribution is -2.50. The minimum Gasteiger partial charge on any atom is -0.345 e. The van der Waals surface area contributed by atoms with Crippen molar-refractivity contribution in [2.75, 3.05) is 34.7 Å². The standard InChI is InChI=1S/C36H43N9O3/c1-43(2)33(47)24-10-12-28-22(14-24)8-9-23-15-25(34(48)44(3)4)11-13-29(23)36(28,35-39-41-42-40-35)18-30(21-6-5-7-21)38-20-32(46)45-27(19-37)16-26-17-31(26)45/h10-15,21,26-27,30-31,38H,5-9,16-18,20H2,1-4H3,(H,39,40,41,42)/t26-,27+,30+,31+/m1/s1. The highest BCUT2D eigenvalue weighted by atomic mass is 16.2. The van der Waals surface area contributed by atoms with Crippen molar-refractivity contribution in [3.05, 3.63) is 75.6 Å². The highest BCUT2D eigenvalue weighted by Gasteiger charge is 2.54. The lowest BCUT2D eigenvalue weighted by atomic mass is 9.64. The van der Waals surface area contributed by atoms with Gasteiger partial charge in [-0.15, -0.1) is 10.2 Å². The molecule has 250 valence electrons. The molecule has 0 radical (unpaired) electrons. The third-order valence-corrected chi connectivity index (χ3v) is 11.1. The number of benzene rings is 2. The third-order valence-electron chi connectivity index (χ3n) is 11.1. The van der Waals surface area contributed by atoms with Gasteiger partial charge < -0.3 is 20.0 Å². The number of rotatable bonds is 9. The Bertz CT molecular complexity index is 1700. The van der Waals surface area contributed by atoms with Crippen LogP contribution in [-0.4, -0.2) is 106 Å². The van der Waals surface area contributed by atoms with E-state index in [0.29, 0.717) is 48.0 Å². The average molecular weight is 650 g/mol. The lowest BCUT2D eigenvalue weighted by Gasteiger charge is -2.42. The Hall–Kier alpha value is -4.63. The Kier molecular flexibility index (Phi) is 8.27. The molecule has 0 unspecified atom stereocenters. The van der Waals surface area contributed by atoms with Crippen LogP contribution in [0.15, 0.2) is 36.4 Å². The van der Waals surface area contributed by atoms with Gasteiger partial charge in [-0.05, 0) is 103 Å². The molecule has 0 spiro atoms. The van der Waals surface area contributed by atoms with E-state index in [1.165, 1.54) is 0 Å². The summed E-state index contributed by atoms with van der Waals surface area (Å²) in [5.74, 6) is 1.12. The molecular weight excluding hydrogens is 606 g/mol. The minimum atomic E-state index is -0.895. The number of hydrogen-bond acceptors (Lipinski definition) is 8. The molecule has 3 aliphatic carbocycles. The number of nitrogens with zero attached hydrogens (tertiary/aromatic N) is 7. The number of carbonyl (C=O) groups is 3. The van der Waals surface area contributed by atoms with E-state index in [0.717, 1.165) is 54.4 Å². The van der Waals surface area contributed by atoms with Crippen molar-refractivity contribution in [1.82, 2.24) is 40.6 Å². The number of carbonyl (C=O) groups excluding carboxylic acids is 3. The van der Waals surface area contributed by atoms with E-state index in [-0.39, 0.29) is 42.4 Å². The van der Waals surface area contributed by atoms with Gasteiger partial charge in [0.1, 0.15) is 6.04 Å². The number of amides is 3. The van der Waals surface area contributed by atoms with Crippen molar-refractivity contribution in [2.24, 2.45) is 11.8 Å². The van der Waals surface area contributed by atoms with Crippen LogP contribution in [0, 0.1) is 23.2 Å². The van der Waals surface area contributed by atoms with E-state index in [2.05, 4.69) is 32.0 Å². The number of piperidine rings is 1. The fraction of sp³-hybridized carbons (Fsp3) is 0.528. The minimum absolute atomic E-state index is 0.0233. The molecule has 12 heteroatoms. The predicted molar refractivity (Wildman–Crippen MR) is 177 cm³/mol. The van der Waals surface area contributed by atoms with Gasteiger partial charge in [0.15, 0.2) is 5.82 Å². The smallest absolute Gasteiger partial charge is 0.253 e. The molecule has 0 bridgehead atoms. The third kappa shape index (κ3) is 5.44. The molecule has 2 N–H and O–H groups in total. The van der Waals surface area contributed by atoms with Gasteiger partial charge in [0.05, 0.1) is 18.0 Å². The van der Waals surface area contributed by atoms with Crippen LogP contribution in [0.3, 0.4) is 0 Å². The number of nitrogens with one attached hydrogen (secondary N) is 2. The maximum atomic E-state index is 13.7. The zero-order chi connectivity index (χ0) is 33.7. The topological polar surface area (TPSA) is 151 Å². The SMILES string of the molecule is CN(C)C(=O)c1ccc2c(c1)CCc1cc(C(=O)N(C)C)ccc1C2(C[C@H](NCC(=O)N1[C@H](C#N)C[C@@H]2C[C@@H]21)C1CCC1)c1nn[nH]n1. The second-order valence-electron chi connectivity index (χ2n) is 14.4. The van der Waals surface area contributed by atoms with Crippen LogP contribution in [-0.2, 0) is 23.1 Å². The summed E-state index contributed by atoms with van der Waals surface area (Å²) >= 11 is 0. The van der Waals surface area contributed by atoms with Crippen LogP contribution in [0.2, 0.25) is 0 Å². The Labute approximate surface area is 280 Å². The van der Waals surface area contributed by atoms with E-state index in [1.54, 1.807) is 38.0 Å². The zero-order valence-corrected chi connectivity index (χ0v) is 28.1. The normalized spacial score (nSPS) is 22.6. The summed E-state index contributed by atoms with van der Waals surface area (Å²) in [4.78, 5) is 44.9. The molecule has 48 heavy (non-hydrogen) atoms. The van der Waals surface area contributed by atoms with Crippen molar-refractivity contribution in [3.8, 4) is 6.07 Å². The summed E-state index contributed by atoms with van der Waals surface area (Å²) in [7, 11) is 6.99.